The maximum atomic E-state index is 13.8. The Balaban J connectivity index is 1.54. The fraction of sp³-hybridized carbons (Fsp3) is 0.444. The molecule has 8 nitrogen and oxygen atoms in total. The molecule has 0 aromatic heterocycles. The Kier molecular flexibility index (Phi) is 6.09. The van der Waals surface area contributed by atoms with Gasteiger partial charge in [-0.3, -0.25) is 14.4 Å². The van der Waals surface area contributed by atoms with Gasteiger partial charge < -0.3 is 25.4 Å². The summed E-state index contributed by atoms with van der Waals surface area (Å²) in [5, 5.41) is 16.0. The van der Waals surface area contributed by atoms with E-state index in [0.717, 1.165) is 5.56 Å². The summed E-state index contributed by atoms with van der Waals surface area (Å²) in [6.45, 7) is 5.31. The number of amides is 3. The van der Waals surface area contributed by atoms with Crippen LogP contribution in [0.1, 0.15) is 25.8 Å². The lowest BCUT2D eigenvalue weighted by Crippen LogP contribution is -2.54. The van der Waals surface area contributed by atoms with Gasteiger partial charge in [0.25, 0.3) is 0 Å². The summed E-state index contributed by atoms with van der Waals surface area (Å²) < 4.78 is 6.64. The fourth-order valence-electron chi connectivity index (χ4n) is 6.51. The summed E-state index contributed by atoms with van der Waals surface area (Å²) in [6.07, 6.45) is 0.441. The van der Waals surface area contributed by atoms with E-state index in [2.05, 4.69) is 10.6 Å². The topological polar surface area (TPSA) is 108 Å². The van der Waals surface area contributed by atoms with Crippen molar-refractivity contribution in [1.29, 1.82) is 0 Å². The summed E-state index contributed by atoms with van der Waals surface area (Å²) in [5.74, 6) is -2.85. The number of nitrogens with zero attached hydrogens (tertiary/aromatic N) is 1. The Morgan fingerprint density at radius 1 is 1.14 bits per heavy atom. The second-order valence-electron chi connectivity index (χ2n) is 10.2. The molecule has 3 aliphatic heterocycles. The van der Waals surface area contributed by atoms with Gasteiger partial charge in [-0.15, -0.1) is 0 Å². The summed E-state index contributed by atoms with van der Waals surface area (Å²) in [5.41, 5.74) is -0.260. The summed E-state index contributed by atoms with van der Waals surface area (Å²) in [7, 11) is 0. The maximum Gasteiger partial charge on any atom is 0.250 e. The number of halogens is 1. The molecule has 190 valence electrons. The highest BCUT2D eigenvalue weighted by Crippen LogP contribution is 2.65. The van der Waals surface area contributed by atoms with Gasteiger partial charge in [-0.25, -0.2) is 0 Å². The van der Waals surface area contributed by atoms with Gasteiger partial charge in [0.15, 0.2) is 0 Å². The van der Waals surface area contributed by atoms with Gasteiger partial charge >= 0.3 is 0 Å². The number of benzene rings is 2. The molecule has 6 atom stereocenters. The Labute approximate surface area is 215 Å². The molecule has 2 bridgehead atoms. The molecule has 2 aromatic rings. The van der Waals surface area contributed by atoms with Crippen molar-refractivity contribution in [3.63, 3.8) is 0 Å². The van der Waals surface area contributed by atoms with Gasteiger partial charge in [-0.1, -0.05) is 48.9 Å². The zero-order chi connectivity index (χ0) is 25.8. The number of aliphatic hydroxyl groups excluding tert-OH is 1. The van der Waals surface area contributed by atoms with Crippen LogP contribution in [0.25, 0.3) is 0 Å². The normalized spacial score (nSPS) is 32.5. The number of carbonyl (C=O) groups excluding carboxylic acids is 3. The number of nitrogens with one attached hydrogen (secondary N) is 2. The monoisotopic (exact) mass is 511 g/mol. The number of fused-ring (bicyclic) bond motifs is 1. The number of carbonyl (C=O) groups is 3. The molecule has 3 N–H and O–H groups in total. The molecule has 0 aliphatic carbocycles. The first-order valence-electron chi connectivity index (χ1n) is 12.2. The van der Waals surface area contributed by atoms with Crippen molar-refractivity contribution in [1.82, 2.24) is 4.90 Å². The fourth-order valence-corrected chi connectivity index (χ4v) is 6.78. The van der Waals surface area contributed by atoms with Crippen molar-refractivity contribution in [2.75, 3.05) is 23.8 Å². The molecule has 3 saturated heterocycles. The molecule has 0 radical (unpaired) electrons. The van der Waals surface area contributed by atoms with E-state index in [4.69, 9.17) is 16.3 Å². The first-order valence-corrected chi connectivity index (χ1v) is 12.5. The predicted molar refractivity (Wildman–Crippen MR) is 135 cm³/mol. The second-order valence-corrected chi connectivity index (χ2v) is 10.6. The first-order chi connectivity index (χ1) is 17.1. The lowest BCUT2D eigenvalue weighted by molar-refractivity contribution is -0.144. The van der Waals surface area contributed by atoms with Crippen molar-refractivity contribution in [3.8, 4) is 0 Å². The molecule has 2 aromatic carbocycles. The van der Waals surface area contributed by atoms with Crippen LogP contribution in [0.5, 0.6) is 0 Å². The van der Waals surface area contributed by atoms with E-state index in [9.17, 15) is 19.5 Å². The Hall–Kier alpha value is -2.94. The number of hydrogen-bond donors (Lipinski definition) is 3. The van der Waals surface area contributed by atoms with E-state index in [1.54, 1.807) is 24.3 Å². The SMILES string of the molecule is Cc1cccc(Cl)c1NC(=O)C1N(CCO)C(=O)[C@@H]2[C@H](C(=O)Nc3ccccc3)[C@@]3(C)OC12CC3C. The van der Waals surface area contributed by atoms with E-state index >= 15 is 0 Å². The van der Waals surface area contributed by atoms with E-state index in [0.29, 0.717) is 22.8 Å². The van der Waals surface area contributed by atoms with Gasteiger partial charge in [-0.2, -0.15) is 0 Å². The van der Waals surface area contributed by atoms with Crippen LogP contribution >= 0.6 is 11.6 Å². The van der Waals surface area contributed by atoms with E-state index in [1.807, 2.05) is 45.0 Å². The highest BCUT2D eigenvalue weighted by molar-refractivity contribution is 6.34. The van der Waals surface area contributed by atoms with Gasteiger partial charge in [-0.05, 0) is 49.9 Å². The largest absolute Gasteiger partial charge is 0.395 e. The number of para-hydroxylation sites is 2. The molecular formula is C27H30ClN3O5. The van der Waals surface area contributed by atoms with Crippen LogP contribution in [0.2, 0.25) is 5.02 Å². The van der Waals surface area contributed by atoms with Crippen LogP contribution in [0.15, 0.2) is 48.5 Å². The Bertz CT molecular complexity index is 1200. The standard InChI is InChI=1S/C27H30ClN3O5/c1-15-8-7-11-18(28)21(15)30-24(34)22-27-14-16(2)26(3,36-27)19(20(27)25(35)31(22)12-13-32)23(33)29-17-9-5-4-6-10-17/h4-11,16,19-20,22,32H,12-14H2,1-3H3,(H,29,33)(H,30,34)/t16?,19-,20+,22?,26+,27?/m1/s1. The summed E-state index contributed by atoms with van der Waals surface area (Å²) in [4.78, 5) is 42.7. The van der Waals surface area contributed by atoms with Gasteiger partial charge in [0.2, 0.25) is 17.7 Å². The van der Waals surface area contributed by atoms with Crippen molar-refractivity contribution < 1.29 is 24.2 Å². The molecule has 3 unspecified atom stereocenters. The lowest BCUT2D eigenvalue weighted by Gasteiger charge is -2.36. The number of aliphatic hydroxyl groups is 1. The third-order valence-corrected chi connectivity index (χ3v) is 8.51. The molecular weight excluding hydrogens is 482 g/mol. The molecule has 9 heteroatoms. The van der Waals surface area contributed by atoms with Crippen LogP contribution < -0.4 is 10.6 Å². The lowest BCUT2D eigenvalue weighted by atomic mass is 9.62. The molecule has 3 amide bonds. The van der Waals surface area contributed by atoms with E-state index in [-0.39, 0.29) is 30.9 Å². The predicted octanol–water partition coefficient (Wildman–Crippen LogP) is 3.23. The van der Waals surface area contributed by atoms with Crippen LogP contribution in [0.4, 0.5) is 11.4 Å². The second kappa shape index (κ2) is 8.87. The minimum Gasteiger partial charge on any atom is -0.395 e. The number of rotatable bonds is 6. The molecule has 3 aliphatic rings. The number of aryl methyl sites for hydroxylation is 1. The Morgan fingerprint density at radius 2 is 1.86 bits per heavy atom. The smallest absolute Gasteiger partial charge is 0.250 e. The van der Waals surface area contributed by atoms with Crippen molar-refractivity contribution in [2.45, 2.75) is 44.4 Å². The number of hydrogen-bond acceptors (Lipinski definition) is 5. The quantitative estimate of drug-likeness (QED) is 0.552. The van der Waals surface area contributed by atoms with Crippen molar-refractivity contribution >= 4 is 40.7 Å². The summed E-state index contributed by atoms with van der Waals surface area (Å²) >= 11 is 6.36. The van der Waals surface area contributed by atoms with Crippen LogP contribution in [-0.2, 0) is 19.1 Å². The zero-order valence-corrected chi connectivity index (χ0v) is 21.2. The molecule has 0 saturated carbocycles. The van der Waals surface area contributed by atoms with Gasteiger partial charge in [0, 0.05) is 12.2 Å². The van der Waals surface area contributed by atoms with E-state index < -0.39 is 35.0 Å². The molecule has 3 fully saturated rings. The first kappa shape index (κ1) is 24.7. The number of ether oxygens (including phenoxy) is 1. The molecule has 5 rings (SSSR count). The average Bonchev–Trinajstić information content (AvgIpc) is 3.34. The van der Waals surface area contributed by atoms with Gasteiger partial charge in [0.1, 0.15) is 11.6 Å². The van der Waals surface area contributed by atoms with Crippen molar-refractivity contribution in [2.24, 2.45) is 17.8 Å². The number of likely N-dealkylation sites (tertiary alicyclic amines) is 1. The van der Waals surface area contributed by atoms with Crippen LogP contribution in [-0.4, -0.2) is 58.1 Å². The zero-order valence-electron chi connectivity index (χ0n) is 20.5. The third kappa shape index (κ3) is 3.54. The minimum absolute atomic E-state index is 0.0435. The third-order valence-electron chi connectivity index (χ3n) is 8.20. The number of β-amino-alcohol motifs (C(OH)–C–C–N with tert-alkyl or cyclic N) is 1. The molecule has 36 heavy (non-hydrogen) atoms. The Morgan fingerprint density at radius 3 is 2.53 bits per heavy atom. The minimum atomic E-state index is -1.20. The highest BCUT2D eigenvalue weighted by Gasteiger charge is 2.79. The summed E-state index contributed by atoms with van der Waals surface area (Å²) in [6, 6.07) is 13.3. The maximum absolute atomic E-state index is 13.8. The van der Waals surface area contributed by atoms with E-state index in [1.165, 1.54) is 4.90 Å². The highest BCUT2D eigenvalue weighted by atomic mass is 35.5. The van der Waals surface area contributed by atoms with Crippen LogP contribution in [0, 0.1) is 24.7 Å². The van der Waals surface area contributed by atoms with Crippen molar-refractivity contribution in [3.05, 3.63) is 59.1 Å². The number of anilines is 2. The molecule has 3 heterocycles. The van der Waals surface area contributed by atoms with Gasteiger partial charge in [0.05, 0.1) is 34.8 Å². The van der Waals surface area contributed by atoms with Crippen LogP contribution in [0.3, 0.4) is 0 Å². The average molecular weight is 512 g/mol. The molecule has 1 spiro atoms.